The lowest BCUT2D eigenvalue weighted by atomic mass is 9.78. The Labute approximate surface area is 506 Å². The number of benzene rings is 2. The monoisotopic (exact) mass is 1210 g/mol. The summed E-state index contributed by atoms with van der Waals surface area (Å²) in [5.41, 5.74) is 9.76. The van der Waals surface area contributed by atoms with Crippen LogP contribution in [0.2, 0.25) is 49.9 Å². The van der Waals surface area contributed by atoms with Crippen molar-refractivity contribution in [1.82, 2.24) is 24.8 Å². The van der Waals surface area contributed by atoms with E-state index in [1.54, 1.807) is 6.07 Å². The van der Waals surface area contributed by atoms with Gasteiger partial charge in [0, 0.05) is 42.5 Å². The van der Waals surface area contributed by atoms with Crippen LogP contribution in [0.1, 0.15) is 183 Å². The van der Waals surface area contributed by atoms with Crippen LogP contribution in [0.25, 0.3) is 32.9 Å². The molecule has 3 fully saturated rings. The zero-order valence-corrected chi connectivity index (χ0v) is 58.3. The number of hydrogen-bond donors (Lipinski definition) is 0. The Bertz CT molecular complexity index is 3160. The van der Waals surface area contributed by atoms with Crippen LogP contribution in [0.3, 0.4) is 0 Å². The highest BCUT2D eigenvalue weighted by Crippen LogP contribution is 2.48. The fourth-order valence-electron chi connectivity index (χ4n) is 15.9. The number of carbonyl (C=O) groups is 1. The Kier molecular flexibility index (Phi) is 20.2. The molecule has 4 aromatic rings. The Hall–Kier alpha value is -4.88. The number of piperidine rings is 1. The molecule has 16 heteroatoms. The predicted octanol–water partition coefficient (Wildman–Crippen LogP) is 18.0. The van der Waals surface area contributed by atoms with E-state index in [1.807, 2.05) is 51.8 Å². The normalized spacial score (nSPS) is 19.8. The molecule has 0 spiro atoms. The number of halogens is 3. The van der Waals surface area contributed by atoms with Crippen molar-refractivity contribution in [3.8, 4) is 45.9 Å². The molecule has 0 aliphatic carbocycles. The maximum Gasteiger partial charge on any atom is 0.410 e. The number of fused-ring (bicyclic) bond motifs is 4. The second kappa shape index (κ2) is 25.4. The van der Waals surface area contributed by atoms with E-state index in [0.717, 1.165) is 12.8 Å². The summed E-state index contributed by atoms with van der Waals surface area (Å²) >= 11 is 0. The lowest BCUT2D eigenvalue weighted by Crippen LogP contribution is -2.57. The summed E-state index contributed by atoms with van der Waals surface area (Å²) in [4.78, 5) is 35.9. The van der Waals surface area contributed by atoms with Gasteiger partial charge in [0.25, 0.3) is 8.32 Å². The van der Waals surface area contributed by atoms with E-state index in [0.29, 0.717) is 77.8 Å². The van der Waals surface area contributed by atoms with Gasteiger partial charge in [-0.3, -0.25) is 4.90 Å². The van der Waals surface area contributed by atoms with Gasteiger partial charge in [-0.25, -0.2) is 22.9 Å². The quantitative estimate of drug-likeness (QED) is 0.0803. The van der Waals surface area contributed by atoms with Crippen molar-refractivity contribution in [3.63, 3.8) is 0 Å². The highest BCUT2D eigenvalue weighted by atomic mass is 28.4. The summed E-state index contributed by atoms with van der Waals surface area (Å²) in [6.45, 7) is 49.9. The molecule has 84 heavy (non-hydrogen) atoms. The van der Waals surface area contributed by atoms with Crippen LogP contribution >= 0.6 is 0 Å². The highest BCUT2D eigenvalue weighted by Gasteiger charge is 2.49. The first-order valence-electron chi connectivity index (χ1n) is 31.4. The molecule has 0 saturated carbocycles. The topological polar surface area (TPSA) is 93.2 Å². The van der Waals surface area contributed by atoms with Crippen molar-refractivity contribution in [1.29, 1.82) is 0 Å². The van der Waals surface area contributed by atoms with E-state index in [2.05, 4.69) is 157 Å². The zero-order chi connectivity index (χ0) is 62.5. The summed E-state index contributed by atoms with van der Waals surface area (Å²) < 4.78 is 71.7. The molecule has 3 aliphatic heterocycles. The predicted molar refractivity (Wildman–Crippen MR) is 350 cm³/mol. The molecule has 3 saturated heterocycles. The van der Waals surface area contributed by atoms with E-state index >= 15 is 8.78 Å². The lowest BCUT2D eigenvalue weighted by molar-refractivity contribution is 0.0122. The fourth-order valence-corrected chi connectivity index (χ4v) is 31.5. The van der Waals surface area contributed by atoms with Crippen molar-refractivity contribution >= 4 is 58.1 Å². The number of ether oxygens (including phenoxy) is 2. The van der Waals surface area contributed by atoms with Crippen LogP contribution in [-0.2, 0) is 4.74 Å². The van der Waals surface area contributed by atoms with Crippen molar-refractivity contribution in [2.75, 3.05) is 44.7 Å². The number of amides is 1. The van der Waals surface area contributed by atoms with Gasteiger partial charge in [0.2, 0.25) is 0 Å². The minimum absolute atomic E-state index is 0.0136. The van der Waals surface area contributed by atoms with E-state index in [-0.39, 0.29) is 103 Å². The number of piperazine rings is 1. The average molecular weight is 1210 g/mol. The van der Waals surface area contributed by atoms with Crippen LogP contribution < -0.4 is 14.1 Å². The molecule has 2 aromatic heterocycles. The molecular formula is C68H101F3N6O4Si3. The molecule has 10 nitrogen and oxygen atoms in total. The van der Waals surface area contributed by atoms with Gasteiger partial charge < -0.3 is 23.7 Å². The van der Waals surface area contributed by atoms with Crippen molar-refractivity contribution in [2.45, 2.75) is 239 Å². The second-order valence-electron chi connectivity index (χ2n) is 29.0. The van der Waals surface area contributed by atoms with E-state index in [4.69, 9.17) is 28.9 Å². The number of aromatic nitrogens is 3. The summed E-state index contributed by atoms with van der Waals surface area (Å²) in [5, 5.41) is 1.40. The Balaban J connectivity index is 1.66. The molecule has 460 valence electrons. The Morgan fingerprint density at radius 1 is 0.750 bits per heavy atom. The maximum absolute atomic E-state index is 19.4. The van der Waals surface area contributed by atoms with Gasteiger partial charge in [-0.05, 0) is 126 Å². The fraction of sp³-hybridized carbons (Fsp3) is 0.647. The highest BCUT2D eigenvalue weighted by molar-refractivity contribution is 6.91. The van der Waals surface area contributed by atoms with Gasteiger partial charge in [0.1, 0.15) is 62.6 Å². The first-order valence-corrected chi connectivity index (χ1v) is 38.0. The molecule has 2 bridgehead atoms. The number of hydrogen-bond acceptors (Lipinski definition) is 9. The molecule has 2 aromatic carbocycles. The van der Waals surface area contributed by atoms with Gasteiger partial charge in [-0.2, -0.15) is 9.97 Å². The van der Waals surface area contributed by atoms with Crippen LogP contribution in [0.15, 0.2) is 36.2 Å². The molecule has 5 heterocycles. The van der Waals surface area contributed by atoms with Gasteiger partial charge in [0.05, 0.1) is 29.4 Å². The van der Waals surface area contributed by atoms with E-state index in [1.165, 1.54) is 6.07 Å². The third-order valence-corrected chi connectivity index (χ3v) is 38.4. The standard InChI is InChI=1S/C68H101F3N6O4Si3/c1-41(2)82(42(3)4,43(5)6)32-29-55-57(70)27-24-50-34-54(81-84(47(13)14,48(15)16)49(17)18)35-56(59(50)55)62-61(71)63-60(58(72-62)30-33-83(44(7)8,45(9)10)46(11)12)64(74-65(73-63)79-40-68(22)39-75(23)31-28-51(68)36-69)76-37-52-25-26-53(38-76)77(52)66(78)80-67(19,20)21/h24,27,34-36,41-49,52-53H,25-26,28,31,37-40H2,1-23H3/b51-36+/t52-,53+,68-/m0/s1. The van der Waals surface area contributed by atoms with Gasteiger partial charge in [-0.15, -0.1) is 11.1 Å². The largest absolute Gasteiger partial charge is 0.543 e. The number of carbonyl (C=O) groups excluding carboxylic acids is 1. The molecule has 0 unspecified atom stereocenters. The minimum Gasteiger partial charge on any atom is -0.543 e. The Morgan fingerprint density at radius 3 is 1.79 bits per heavy atom. The third kappa shape index (κ3) is 12.5. The number of pyridine rings is 1. The number of anilines is 1. The second-order valence-corrected chi connectivity index (χ2v) is 45.6. The molecule has 3 atom stereocenters. The molecule has 0 radical (unpaired) electrons. The number of rotatable bonds is 16. The molecule has 3 aliphatic rings. The average Bonchev–Trinajstić information content (AvgIpc) is 2.56. The summed E-state index contributed by atoms with van der Waals surface area (Å²) in [6.07, 6.45) is 2.33. The van der Waals surface area contributed by atoms with E-state index < -0.39 is 47.1 Å². The van der Waals surface area contributed by atoms with Crippen molar-refractivity contribution in [3.05, 3.63) is 59.1 Å². The zero-order valence-electron chi connectivity index (χ0n) is 55.3. The van der Waals surface area contributed by atoms with Crippen LogP contribution in [-0.4, -0.2) is 113 Å². The van der Waals surface area contributed by atoms with Gasteiger partial charge in [-0.1, -0.05) is 149 Å². The smallest absolute Gasteiger partial charge is 0.410 e. The third-order valence-electron chi connectivity index (χ3n) is 19.8. The van der Waals surface area contributed by atoms with Crippen LogP contribution in [0.5, 0.6) is 11.8 Å². The van der Waals surface area contributed by atoms with Crippen molar-refractivity contribution < 1.29 is 31.9 Å². The van der Waals surface area contributed by atoms with Gasteiger partial charge >= 0.3 is 12.1 Å². The Morgan fingerprint density at radius 2 is 1.29 bits per heavy atom. The van der Waals surface area contributed by atoms with Gasteiger partial charge in [0.15, 0.2) is 5.82 Å². The summed E-state index contributed by atoms with van der Waals surface area (Å²) in [6, 6.07) is 6.51. The summed E-state index contributed by atoms with van der Waals surface area (Å²) in [7, 11) is -5.62. The number of nitrogens with zero attached hydrogens (tertiary/aromatic N) is 6. The first kappa shape index (κ1) is 66.6. The lowest BCUT2D eigenvalue weighted by Gasteiger charge is -2.42. The van der Waals surface area contributed by atoms with E-state index in [9.17, 15) is 9.18 Å². The van der Waals surface area contributed by atoms with Crippen molar-refractivity contribution in [2.24, 2.45) is 5.41 Å². The number of likely N-dealkylation sites (tertiary alicyclic amines) is 1. The van der Waals surface area contributed by atoms with Crippen LogP contribution in [0, 0.1) is 40.0 Å². The molecule has 1 amide bonds. The first-order chi connectivity index (χ1) is 39.1. The maximum atomic E-state index is 19.4. The molecule has 0 N–H and O–H groups in total. The summed E-state index contributed by atoms with van der Waals surface area (Å²) in [5.74, 6) is 6.85. The van der Waals surface area contributed by atoms with Crippen LogP contribution in [0.4, 0.5) is 23.8 Å². The SMILES string of the molecule is CC(C)[Si](C#Cc1c(F)ccc2cc(O[Si](C(C)C)(C(C)C)C(C)C)cc(-c3nc(C#C[Si](C(C)C)(C(C)C)C(C)C)c4c(N5C[C@H]6CC[C@@H](C5)N6C(=O)OC(C)(C)C)nc(OC[C@]5(C)CN(C)CC/C5=C\F)nc4c3F)c12)(C(C)C)C(C)C. The minimum atomic E-state index is -2.66. The molecular weight excluding hydrogens is 1110 g/mol. The molecule has 7 rings (SSSR count).